The Hall–Kier alpha value is -2.94. The van der Waals surface area contributed by atoms with Crippen molar-refractivity contribution in [1.82, 2.24) is 0 Å². The van der Waals surface area contributed by atoms with Crippen LogP contribution in [0.1, 0.15) is 62.8 Å². The van der Waals surface area contributed by atoms with Crippen molar-refractivity contribution in [2.24, 2.45) is 0 Å². The minimum Gasteiger partial charge on any atom is -0.454 e. The second kappa shape index (κ2) is 15.3. The summed E-state index contributed by atoms with van der Waals surface area (Å²) < 4.78 is 53.9. The second-order valence-corrected chi connectivity index (χ2v) is 13.0. The van der Waals surface area contributed by atoms with Crippen LogP contribution in [0.4, 0.5) is 8.78 Å². The highest BCUT2D eigenvalue weighted by Gasteiger charge is 2.30. The van der Waals surface area contributed by atoms with Crippen molar-refractivity contribution in [2.75, 3.05) is 28.1 Å². The lowest BCUT2D eigenvalue weighted by Crippen LogP contribution is -2.23. The van der Waals surface area contributed by atoms with Gasteiger partial charge in [-0.1, -0.05) is 36.5 Å². The highest BCUT2D eigenvalue weighted by molar-refractivity contribution is 9.13. The molecule has 0 saturated carbocycles. The first-order chi connectivity index (χ1) is 22.9. The maximum absolute atomic E-state index is 13.0. The van der Waals surface area contributed by atoms with E-state index in [1.54, 1.807) is 26.4 Å². The Balaban J connectivity index is 0.000000141. The molecular formula is C36H36Br2F2O8. The third-order valence-electron chi connectivity index (χ3n) is 8.72. The van der Waals surface area contributed by atoms with Crippen LogP contribution in [0.25, 0.3) is 18.2 Å². The molecule has 0 aromatic heterocycles. The highest BCUT2D eigenvalue weighted by Crippen LogP contribution is 2.42. The fourth-order valence-electron chi connectivity index (χ4n) is 5.96. The van der Waals surface area contributed by atoms with Crippen LogP contribution in [0.15, 0.2) is 51.4 Å². The van der Waals surface area contributed by atoms with E-state index in [-0.39, 0.29) is 19.0 Å². The van der Waals surface area contributed by atoms with E-state index in [0.717, 1.165) is 60.2 Å². The molecule has 3 N–H and O–H groups in total. The summed E-state index contributed by atoms with van der Waals surface area (Å²) in [5.74, 6) is -0.464. The predicted octanol–water partition coefficient (Wildman–Crippen LogP) is 7.43. The molecule has 7 rings (SSSR count). The van der Waals surface area contributed by atoms with Crippen molar-refractivity contribution in [3.05, 3.63) is 108 Å². The molecule has 3 aliphatic carbocycles. The third-order valence-corrected chi connectivity index (χ3v) is 11.2. The van der Waals surface area contributed by atoms with Crippen molar-refractivity contribution in [3.8, 4) is 11.5 Å². The zero-order chi connectivity index (χ0) is 34.9. The zero-order valence-corrected chi connectivity index (χ0v) is 30.0. The Bertz CT molecular complexity index is 1780. The van der Waals surface area contributed by atoms with Crippen LogP contribution in [0, 0.1) is 25.5 Å². The van der Waals surface area contributed by atoms with Gasteiger partial charge in [0.05, 0.1) is 0 Å². The largest absolute Gasteiger partial charge is 0.454 e. The average Bonchev–Trinajstić information content (AvgIpc) is 3.55. The van der Waals surface area contributed by atoms with Gasteiger partial charge in [-0.15, -0.1) is 0 Å². The number of halogens is 4. The van der Waals surface area contributed by atoms with Crippen LogP contribution in [0.2, 0.25) is 0 Å². The minimum atomic E-state index is -0.960. The van der Waals surface area contributed by atoms with Crippen LogP contribution in [0.5, 0.6) is 11.5 Å². The molecule has 8 nitrogen and oxygen atoms in total. The standard InChI is InChI=1S/C13H14Br2O2.C12H12O4.C11H10F2O2/c1-6-8-4-5-9(17-3)13(16)10(8)7(2)12(15)11(6)14;1-14-9-3-2-7-4-10-11(16-6-15-10)5-8(7)12(9)13;1-15-10-3-2-6-4-8(12)9(13)5-7(6)11(10)14/h4-5,9,13,16H,1-3H3;2-5,9,12-13H,6H2,1H3;2-5,10-11,14H,1H3/t9-,13+;9-,12-;10-,11-/m111/s1. The summed E-state index contributed by atoms with van der Waals surface area (Å²) in [6.07, 6.45) is 7.63. The first kappa shape index (κ1) is 36.3. The van der Waals surface area contributed by atoms with Gasteiger partial charge in [-0.3, -0.25) is 0 Å². The molecule has 0 unspecified atom stereocenters. The fourth-order valence-corrected chi connectivity index (χ4v) is 6.98. The Morgan fingerprint density at radius 3 is 1.69 bits per heavy atom. The zero-order valence-electron chi connectivity index (χ0n) is 26.8. The fraction of sp³-hybridized carbons (Fsp3) is 0.333. The topological polar surface area (TPSA) is 107 Å². The van der Waals surface area contributed by atoms with Crippen molar-refractivity contribution >= 4 is 50.1 Å². The molecule has 0 radical (unpaired) electrons. The number of benzene rings is 3. The molecule has 48 heavy (non-hydrogen) atoms. The molecule has 256 valence electrons. The van der Waals surface area contributed by atoms with Crippen LogP contribution < -0.4 is 9.47 Å². The molecule has 3 aromatic carbocycles. The Morgan fingerprint density at radius 1 is 0.646 bits per heavy atom. The van der Waals surface area contributed by atoms with Crippen molar-refractivity contribution in [3.63, 3.8) is 0 Å². The van der Waals surface area contributed by atoms with Gasteiger partial charge in [0.15, 0.2) is 23.1 Å². The normalized spacial score (nSPS) is 24.1. The summed E-state index contributed by atoms with van der Waals surface area (Å²) in [6, 6.07) is 5.77. The van der Waals surface area contributed by atoms with Gasteiger partial charge in [0.2, 0.25) is 6.79 Å². The van der Waals surface area contributed by atoms with Gasteiger partial charge in [-0.05, 0) is 114 Å². The molecule has 4 aliphatic rings. The number of rotatable bonds is 3. The molecule has 0 bridgehead atoms. The van der Waals surface area contributed by atoms with E-state index in [1.165, 1.54) is 7.11 Å². The van der Waals surface area contributed by atoms with E-state index < -0.39 is 36.1 Å². The molecule has 0 saturated heterocycles. The number of aliphatic hydroxyl groups excluding tert-OH is 3. The van der Waals surface area contributed by atoms with Crippen LogP contribution in [0.3, 0.4) is 0 Å². The summed E-state index contributed by atoms with van der Waals surface area (Å²) in [7, 11) is 4.64. The Labute approximate surface area is 294 Å². The lowest BCUT2D eigenvalue weighted by Gasteiger charge is -2.28. The lowest BCUT2D eigenvalue weighted by atomic mass is 9.87. The maximum Gasteiger partial charge on any atom is 0.231 e. The summed E-state index contributed by atoms with van der Waals surface area (Å²) in [6.45, 7) is 4.28. The van der Waals surface area contributed by atoms with Gasteiger partial charge < -0.3 is 39.0 Å². The Morgan fingerprint density at radius 2 is 1.10 bits per heavy atom. The maximum atomic E-state index is 13.0. The number of aliphatic hydroxyl groups is 3. The van der Waals surface area contributed by atoms with Crippen molar-refractivity contribution in [2.45, 2.75) is 50.5 Å². The van der Waals surface area contributed by atoms with E-state index in [1.807, 2.05) is 50.3 Å². The second-order valence-electron chi connectivity index (χ2n) is 11.4. The summed E-state index contributed by atoms with van der Waals surface area (Å²) in [5, 5.41) is 30.2. The van der Waals surface area contributed by atoms with E-state index in [0.29, 0.717) is 16.9 Å². The van der Waals surface area contributed by atoms with Crippen molar-refractivity contribution in [1.29, 1.82) is 0 Å². The monoisotopic (exact) mass is 792 g/mol. The SMILES string of the molecule is CO[C@@H]1C=Cc2c(C)c(Br)c(Br)c(C)c2[C@H]1O.CO[C@@H]1C=Cc2cc(F)c(F)cc2[C@H]1O.CO[C@@H]1C=Cc2cc3c(cc2[C@H]1O)OCO3. The third kappa shape index (κ3) is 7.03. The molecule has 0 fully saturated rings. The molecule has 1 aliphatic heterocycles. The van der Waals surface area contributed by atoms with Gasteiger partial charge in [0, 0.05) is 30.3 Å². The molecular weight excluding hydrogens is 758 g/mol. The van der Waals surface area contributed by atoms with E-state index in [2.05, 4.69) is 31.9 Å². The van der Waals surface area contributed by atoms with Gasteiger partial charge in [-0.2, -0.15) is 0 Å². The number of ether oxygens (including phenoxy) is 5. The average molecular weight is 794 g/mol. The summed E-state index contributed by atoms with van der Waals surface area (Å²) >= 11 is 7.12. The van der Waals surface area contributed by atoms with Gasteiger partial charge in [0.1, 0.15) is 36.6 Å². The lowest BCUT2D eigenvalue weighted by molar-refractivity contribution is 0.0146. The smallest absolute Gasteiger partial charge is 0.231 e. The molecule has 3 aromatic rings. The van der Waals surface area contributed by atoms with Gasteiger partial charge in [0.25, 0.3) is 0 Å². The number of hydrogen-bond acceptors (Lipinski definition) is 8. The first-order valence-corrected chi connectivity index (χ1v) is 16.6. The van der Waals surface area contributed by atoms with Crippen molar-refractivity contribution < 1.29 is 47.8 Å². The molecule has 0 spiro atoms. The van der Waals surface area contributed by atoms with Gasteiger partial charge >= 0.3 is 0 Å². The highest BCUT2D eigenvalue weighted by atomic mass is 79.9. The number of fused-ring (bicyclic) bond motifs is 4. The van der Waals surface area contributed by atoms with E-state index in [9.17, 15) is 24.1 Å². The molecule has 1 heterocycles. The molecule has 6 atom stereocenters. The quantitative estimate of drug-likeness (QED) is 0.252. The van der Waals surface area contributed by atoms with Crippen LogP contribution >= 0.6 is 31.9 Å². The number of hydrogen-bond donors (Lipinski definition) is 3. The molecule has 12 heteroatoms. The first-order valence-electron chi connectivity index (χ1n) is 15.0. The Kier molecular flexibility index (Phi) is 11.6. The summed E-state index contributed by atoms with van der Waals surface area (Å²) in [4.78, 5) is 0. The number of methoxy groups -OCH3 is 3. The predicted molar refractivity (Wildman–Crippen MR) is 185 cm³/mol. The van der Waals surface area contributed by atoms with Gasteiger partial charge in [-0.25, -0.2) is 8.78 Å². The van der Waals surface area contributed by atoms with E-state index >= 15 is 0 Å². The van der Waals surface area contributed by atoms with Crippen LogP contribution in [-0.4, -0.2) is 61.8 Å². The molecule has 0 amide bonds. The summed E-state index contributed by atoms with van der Waals surface area (Å²) in [5.41, 5.74) is 6.81. The minimum absolute atomic E-state index is 0.242. The van der Waals surface area contributed by atoms with E-state index in [4.69, 9.17) is 23.7 Å². The van der Waals surface area contributed by atoms with Crippen LogP contribution in [-0.2, 0) is 14.2 Å².